The van der Waals surface area contributed by atoms with Gasteiger partial charge in [0, 0.05) is 6.04 Å². The summed E-state index contributed by atoms with van der Waals surface area (Å²) < 4.78 is 43.3. The first-order chi connectivity index (χ1) is 8.95. The SMILES string of the molecule is CCNC(C)CCCOc1ccccc1C(F)(F)F. The van der Waals surface area contributed by atoms with Crippen molar-refractivity contribution >= 4 is 0 Å². The maximum Gasteiger partial charge on any atom is 0.419 e. The second kappa shape index (κ2) is 7.38. The fraction of sp³-hybridized carbons (Fsp3) is 0.571. The van der Waals surface area contributed by atoms with Gasteiger partial charge in [0.25, 0.3) is 0 Å². The van der Waals surface area contributed by atoms with Crippen LogP contribution in [0.4, 0.5) is 13.2 Å². The van der Waals surface area contributed by atoms with Crippen LogP contribution in [0.25, 0.3) is 0 Å². The number of benzene rings is 1. The summed E-state index contributed by atoms with van der Waals surface area (Å²) >= 11 is 0. The average molecular weight is 275 g/mol. The van der Waals surface area contributed by atoms with Gasteiger partial charge in [-0.05, 0) is 38.4 Å². The minimum atomic E-state index is -4.37. The minimum Gasteiger partial charge on any atom is -0.493 e. The molecule has 1 aromatic carbocycles. The maximum atomic E-state index is 12.7. The molecule has 1 atom stereocenters. The molecular formula is C14H20F3NO. The van der Waals surface area contributed by atoms with Crippen LogP contribution in [-0.2, 0) is 6.18 Å². The lowest BCUT2D eigenvalue weighted by molar-refractivity contribution is -0.138. The third-order valence-electron chi connectivity index (χ3n) is 2.78. The molecule has 1 aromatic rings. The summed E-state index contributed by atoms with van der Waals surface area (Å²) in [5.74, 6) is -0.0916. The lowest BCUT2D eigenvalue weighted by Crippen LogP contribution is -2.25. The van der Waals surface area contributed by atoms with Crippen LogP contribution in [0.3, 0.4) is 0 Å². The first-order valence-electron chi connectivity index (χ1n) is 6.47. The van der Waals surface area contributed by atoms with Crippen LogP contribution >= 0.6 is 0 Å². The van der Waals surface area contributed by atoms with Gasteiger partial charge in [0.1, 0.15) is 5.75 Å². The van der Waals surface area contributed by atoms with E-state index in [4.69, 9.17) is 4.74 Å². The molecule has 0 spiro atoms. The Balaban J connectivity index is 2.46. The van der Waals surface area contributed by atoms with Crippen molar-refractivity contribution < 1.29 is 17.9 Å². The molecule has 2 nitrogen and oxygen atoms in total. The molecule has 1 unspecified atom stereocenters. The predicted octanol–water partition coefficient (Wildman–Crippen LogP) is 3.86. The van der Waals surface area contributed by atoms with Crippen LogP contribution in [0.1, 0.15) is 32.3 Å². The quantitative estimate of drug-likeness (QED) is 0.763. The van der Waals surface area contributed by atoms with E-state index in [1.807, 2.05) is 13.8 Å². The van der Waals surface area contributed by atoms with E-state index in [2.05, 4.69) is 5.32 Å². The molecule has 108 valence electrons. The highest BCUT2D eigenvalue weighted by molar-refractivity contribution is 5.35. The first kappa shape index (κ1) is 15.8. The van der Waals surface area contributed by atoms with E-state index in [0.29, 0.717) is 12.6 Å². The van der Waals surface area contributed by atoms with Crippen molar-refractivity contribution in [2.75, 3.05) is 13.2 Å². The minimum absolute atomic E-state index is 0.0916. The normalized spacial score (nSPS) is 13.3. The highest BCUT2D eigenvalue weighted by atomic mass is 19.4. The molecule has 0 aliphatic rings. The first-order valence-corrected chi connectivity index (χ1v) is 6.47. The Morgan fingerprint density at radius 2 is 1.95 bits per heavy atom. The van der Waals surface area contributed by atoms with E-state index in [1.54, 1.807) is 6.07 Å². The Bertz CT molecular complexity index is 379. The van der Waals surface area contributed by atoms with Crippen LogP contribution in [0.5, 0.6) is 5.75 Å². The van der Waals surface area contributed by atoms with Gasteiger partial charge >= 0.3 is 6.18 Å². The molecule has 0 heterocycles. The van der Waals surface area contributed by atoms with Crippen molar-refractivity contribution in [2.45, 2.75) is 38.9 Å². The fourth-order valence-corrected chi connectivity index (χ4v) is 1.85. The second-order valence-corrected chi connectivity index (χ2v) is 4.44. The average Bonchev–Trinajstić information content (AvgIpc) is 2.34. The topological polar surface area (TPSA) is 21.3 Å². The maximum absolute atomic E-state index is 12.7. The number of halogens is 3. The van der Waals surface area contributed by atoms with E-state index < -0.39 is 11.7 Å². The van der Waals surface area contributed by atoms with Gasteiger partial charge in [0.15, 0.2) is 0 Å². The smallest absolute Gasteiger partial charge is 0.419 e. The Morgan fingerprint density at radius 3 is 2.58 bits per heavy atom. The van der Waals surface area contributed by atoms with Crippen molar-refractivity contribution in [1.82, 2.24) is 5.32 Å². The number of ether oxygens (including phenoxy) is 1. The standard InChI is InChI=1S/C14H20F3NO/c1-3-18-11(2)7-6-10-19-13-9-5-4-8-12(13)14(15,16)17/h4-5,8-9,11,18H,3,6-7,10H2,1-2H3. The number of hydrogen-bond acceptors (Lipinski definition) is 2. The van der Waals surface area contributed by atoms with Crippen molar-refractivity contribution in [3.05, 3.63) is 29.8 Å². The molecule has 19 heavy (non-hydrogen) atoms. The lowest BCUT2D eigenvalue weighted by atomic mass is 10.2. The van der Waals surface area contributed by atoms with Crippen LogP contribution in [0.15, 0.2) is 24.3 Å². The van der Waals surface area contributed by atoms with Gasteiger partial charge in [-0.3, -0.25) is 0 Å². The van der Waals surface area contributed by atoms with Gasteiger partial charge in [0.2, 0.25) is 0 Å². The van der Waals surface area contributed by atoms with Gasteiger partial charge in [-0.1, -0.05) is 19.1 Å². The number of para-hydroxylation sites is 1. The van der Waals surface area contributed by atoms with Crippen LogP contribution in [0, 0.1) is 0 Å². The third kappa shape index (κ3) is 5.51. The van der Waals surface area contributed by atoms with Gasteiger partial charge in [0.05, 0.1) is 12.2 Å². The third-order valence-corrected chi connectivity index (χ3v) is 2.78. The van der Waals surface area contributed by atoms with E-state index >= 15 is 0 Å². The molecule has 0 aliphatic carbocycles. The zero-order valence-electron chi connectivity index (χ0n) is 11.3. The van der Waals surface area contributed by atoms with Crippen LogP contribution in [0.2, 0.25) is 0 Å². The molecular weight excluding hydrogens is 255 g/mol. The predicted molar refractivity (Wildman–Crippen MR) is 69.3 cm³/mol. The van der Waals surface area contributed by atoms with E-state index in [1.165, 1.54) is 12.1 Å². The summed E-state index contributed by atoms with van der Waals surface area (Å²) in [5, 5.41) is 3.24. The van der Waals surface area contributed by atoms with Crippen molar-refractivity contribution in [2.24, 2.45) is 0 Å². The lowest BCUT2D eigenvalue weighted by Gasteiger charge is -2.15. The number of hydrogen-bond donors (Lipinski definition) is 1. The summed E-state index contributed by atoms with van der Waals surface area (Å²) in [5.41, 5.74) is -0.713. The molecule has 0 aromatic heterocycles. The molecule has 0 aliphatic heterocycles. The zero-order chi connectivity index (χ0) is 14.3. The summed E-state index contributed by atoms with van der Waals surface area (Å²) in [6, 6.07) is 5.66. The van der Waals surface area contributed by atoms with Gasteiger partial charge in [-0.2, -0.15) is 13.2 Å². The van der Waals surface area contributed by atoms with E-state index in [-0.39, 0.29) is 5.75 Å². The van der Waals surface area contributed by atoms with Crippen LogP contribution in [-0.4, -0.2) is 19.2 Å². The Hall–Kier alpha value is -1.23. The fourth-order valence-electron chi connectivity index (χ4n) is 1.85. The summed E-state index contributed by atoms with van der Waals surface area (Å²) in [6.45, 7) is 5.25. The number of nitrogens with one attached hydrogen (secondary N) is 1. The van der Waals surface area contributed by atoms with Crippen molar-refractivity contribution in [3.8, 4) is 5.75 Å². The Morgan fingerprint density at radius 1 is 1.26 bits per heavy atom. The van der Waals surface area contributed by atoms with E-state index in [9.17, 15) is 13.2 Å². The highest BCUT2D eigenvalue weighted by Crippen LogP contribution is 2.35. The molecule has 0 fully saturated rings. The number of alkyl halides is 3. The summed E-state index contributed by atoms with van der Waals surface area (Å²) in [6.07, 6.45) is -2.77. The summed E-state index contributed by atoms with van der Waals surface area (Å²) in [4.78, 5) is 0. The van der Waals surface area contributed by atoms with Crippen molar-refractivity contribution in [3.63, 3.8) is 0 Å². The molecule has 1 rings (SSSR count). The van der Waals surface area contributed by atoms with Gasteiger partial charge < -0.3 is 10.1 Å². The Labute approximate surface area is 112 Å². The van der Waals surface area contributed by atoms with E-state index in [0.717, 1.165) is 25.5 Å². The van der Waals surface area contributed by atoms with Crippen LogP contribution < -0.4 is 10.1 Å². The van der Waals surface area contributed by atoms with Gasteiger partial charge in [-0.25, -0.2) is 0 Å². The molecule has 5 heteroatoms. The zero-order valence-corrected chi connectivity index (χ0v) is 11.3. The molecule has 0 saturated carbocycles. The molecule has 0 radical (unpaired) electrons. The van der Waals surface area contributed by atoms with Crippen molar-refractivity contribution in [1.29, 1.82) is 0 Å². The highest BCUT2D eigenvalue weighted by Gasteiger charge is 2.33. The number of rotatable bonds is 7. The largest absolute Gasteiger partial charge is 0.493 e. The Kier molecular flexibility index (Phi) is 6.15. The molecule has 1 N–H and O–H groups in total. The van der Waals surface area contributed by atoms with Gasteiger partial charge in [-0.15, -0.1) is 0 Å². The summed E-state index contributed by atoms with van der Waals surface area (Å²) in [7, 11) is 0. The monoisotopic (exact) mass is 275 g/mol. The molecule has 0 saturated heterocycles. The molecule has 0 bridgehead atoms. The molecule has 0 amide bonds. The second-order valence-electron chi connectivity index (χ2n) is 4.44.